The standard InChI is InChI=1S/C16H26N2O/c1-11-8-13(9-12(2)16(11)19-3)15(17)10-14-6-4-5-7-18-14/h8-9,14-15,18H,4-7,10,17H2,1-3H3. The molecule has 1 aliphatic rings. The number of ether oxygens (including phenoxy) is 1. The van der Waals surface area contributed by atoms with Crippen LogP contribution in [-0.2, 0) is 0 Å². The Morgan fingerprint density at radius 3 is 2.53 bits per heavy atom. The van der Waals surface area contributed by atoms with Crippen molar-refractivity contribution >= 4 is 0 Å². The molecule has 3 heteroatoms. The molecule has 1 aromatic carbocycles. The van der Waals surface area contributed by atoms with Crippen molar-refractivity contribution in [3.8, 4) is 5.75 Å². The summed E-state index contributed by atoms with van der Waals surface area (Å²) in [4.78, 5) is 0. The number of benzene rings is 1. The van der Waals surface area contributed by atoms with Gasteiger partial charge in [-0.1, -0.05) is 18.6 Å². The molecule has 0 amide bonds. The lowest BCUT2D eigenvalue weighted by Gasteiger charge is -2.26. The fourth-order valence-corrected chi connectivity index (χ4v) is 3.09. The molecule has 0 aromatic heterocycles. The van der Waals surface area contributed by atoms with Gasteiger partial charge in [0, 0.05) is 12.1 Å². The van der Waals surface area contributed by atoms with Gasteiger partial charge in [0.1, 0.15) is 5.75 Å². The van der Waals surface area contributed by atoms with Crippen LogP contribution < -0.4 is 15.8 Å². The molecule has 0 spiro atoms. The molecule has 0 radical (unpaired) electrons. The minimum absolute atomic E-state index is 0.110. The molecule has 3 N–H and O–H groups in total. The molecule has 2 unspecified atom stereocenters. The number of nitrogens with two attached hydrogens (primary N) is 1. The zero-order valence-corrected chi connectivity index (χ0v) is 12.3. The summed E-state index contributed by atoms with van der Waals surface area (Å²) in [5.41, 5.74) is 9.94. The van der Waals surface area contributed by atoms with Crippen molar-refractivity contribution in [1.29, 1.82) is 0 Å². The first-order chi connectivity index (χ1) is 9.11. The van der Waals surface area contributed by atoms with Gasteiger partial charge in [-0.05, 0) is 56.3 Å². The Morgan fingerprint density at radius 2 is 2.00 bits per heavy atom. The van der Waals surface area contributed by atoms with Gasteiger partial charge in [0.05, 0.1) is 7.11 Å². The fraction of sp³-hybridized carbons (Fsp3) is 0.625. The zero-order chi connectivity index (χ0) is 13.8. The molecule has 0 saturated carbocycles. The highest BCUT2D eigenvalue weighted by Gasteiger charge is 2.18. The molecule has 1 aromatic rings. The summed E-state index contributed by atoms with van der Waals surface area (Å²) in [6.45, 7) is 5.31. The third kappa shape index (κ3) is 3.48. The molecule has 0 aliphatic carbocycles. The first-order valence-corrected chi connectivity index (χ1v) is 7.26. The maximum atomic E-state index is 6.37. The maximum absolute atomic E-state index is 6.37. The van der Waals surface area contributed by atoms with Crippen molar-refractivity contribution in [2.24, 2.45) is 5.73 Å². The zero-order valence-electron chi connectivity index (χ0n) is 12.3. The average molecular weight is 262 g/mol. The number of aryl methyl sites for hydroxylation is 2. The summed E-state index contributed by atoms with van der Waals surface area (Å²) >= 11 is 0. The van der Waals surface area contributed by atoms with Crippen molar-refractivity contribution < 1.29 is 4.74 Å². The van der Waals surface area contributed by atoms with Gasteiger partial charge in [-0.15, -0.1) is 0 Å². The van der Waals surface area contributed by atoms with Crippen LogP contribution >= 0.6 is 0 Å². The number of rotatable bonds is 4. The van der Waals surface area contributed by atoms with E-state index in [-0.39, 0.29) is 6.04 Å². The lowest BCUT2D eigenvalue weighted by atomic mass is 9.93. The van der Waals surface area contributed by atoms with Gasteiger partial charge in [0.25, 0.3) is 0 Å². The van der Waals surface area contributed by atoms with Crippen LogP contribution in [0, 0.1) is 13.8 Å². The average Bonchev–Trinajstić information content (AvgIpc) is 2.39. The van der Waals surface area contributed by atoms with E-state index < -0.39 is 0 Å². The second kappa shape index (κ2) is 6.40. The van der Waals surface area contributed by atoms with Gasteiger partial charge in [-0.25, -0.2) is 0 Å². The van der Waals surface area contributed by atoms with E-state index in [1.807, 2.05) is 0 Å². The molecule has 1 fully saturated rings. The quantitative estimate of drug-likeness (QED) is 0.877. The van der Waals surface area contributed by atoms with Gasteiger partial charge in [-0.3, -0.25) is 0 Å². The Morgan fingerprint density at radius 1 is 1.32 bits per heavy atom. The van der Waals surface area contributed by atoms with E-state index in [2.05, 4.69) is 31.3 Å². The van der Waals surface area contributed by atoms with Crippen molar-refractivity contribution in [2.45, 2.75) is 51.6 Å². The predicted molar refractivity (Wildman–Crippen MR) is 79.7 cm³/mol. The van der Waals surface area contributed by atoms with Crippen molar-refractivity contribution in [3.63, 3.8) is 0 Å². The molecule has 0 bridgehead atoms. The van der Waals surface area contributed by atoms with E-state index in [1.165, 1.54) is 36.0 Å². The van der Waals surface area contributed by atoms with Crippen molar-refractivity contribution in [1.82, 2.24) is 5.32 Å². The molecule has 2 rings (SSSR count). The van der Waals surface area contributed by atoms with Crippen LogP contribution in [0.4, 0.5) is 0 Å². The molecule has 2 atom stereocenters. The lowest BCUT2D eigenvalue weighted by molar-refractivity contribution is 0.362. The highest BCUT2D eigenvalue weighted by Crippen LogP contribution is 2.28. The van der Waals surface area contributed by atoms with Gasteiger partial charge >= 0.3 is 0 Å². The molecule has 19 heavy (non-hydrogen) atoms. The number of hydrogen-bond donors (Lipinski definition) is 2. The normalized spacial score (nSPS) is 21.2. The predicted octanol–water partition coefficient (Wildman–Crippen LogP) is 2.84. The first kappa shape index (κ1) is 14.4. The second-order valence-electron chi connectivity index (χ2n) is 5.68. The highest BCUT2D eigenvalue weighted by atomic mass is 16.5. The smallest absolute Gasteiger partial charge is 0.124 e. The summed E-state index contributed by atoms with van der Waals surface area (Å²) < 4.78 is 5.41. The molecule has 1 heterocycles. The van der Waals surface area contributed by atoms with Crippen LogP contribution in [-0.4, -0.2) is 19.7 Å². The van der Waals surface area contributed by atoms with Crippen LogP contribution in [0.25, 0.3) is 0 Å². The molecule has 1 aliphatic heterocycles. The van der Waals surface area contributed by atoms with Gasteiger partial charge in [0.2, 0.25) is 0 Å². The van der Waals surface area contributed by atoms with E-state index in [0.717, 1.165) is 18.7 Å². The third-order valence-corrected chi connectivity index (χ3v) is 4.07. The van der Waals surface area contributed by atoms with Gasteiger partial charge in [0.15, 0.2) is 0 Å². The largest absolute Gasteiger partial charge is 0.496 e. The third-order valence-electron chi connectivity index (χ3n) is 4.07. The van der Waals surface area contributed by atoms with Gasteiger partial charge < -0.3 is 15.8 Å². The Balaban J connectivity index is 2.08. The Bertz CT molecular complexity index is 402. The van der Waals surface area contributed by atoms with Crippen LogP contribution in [0.1, 0.15) is 48.4 Å². The van der Waals surface area contributed by atoms with Crippen LogP contribution in [0.5, 0.6) is 5.75 Å². The summed E-state index contributed by atoms with van der Waals surface area (Å²) in [7, 11) is 1.72. The number of nitrogens with one attached hydrogen (secondary N) is 1. The fourth-order valence-electron chi connectivity index (χ4n) is 3.09. The second-order valence-corrected chi connectivity index (χ2v) is 5.68. The van der Waals surface area contributed by atoms with E-state index in [9.17, 15) is 0 Å². The minimum Gasteiger partial charge on any atom is -0.496 e. The molecule has 106 valence electrons. The topological polar surface area (TPSA) is 47.3 Å². The Labute approximate surface area is 116 Å². The minimum atomic E-state index is 0.110. The van der Waals surface area contributed by atoms with E-state index in [0.29, 0.717) is 6.04 Å². The van der Waals surface area contributed by atoms with Crippen molar-refractivity contribution in [3.05, 3.63) is 28.8 Å². The maximum Gasteiger partial charge on any atom is 0.124 e. The van der Waals surface area contributed by atoms with E-state index >= 15 is 0 Å². The number of methoxy groups -OCH3 is 1. The Kier molecular flexibility index (Phi) is 4.83. The number of hydrogen-bond acceptors (Lipinski definition) is 3. The lowest BCUT2D eigenvalue weighted by Crippen LogP contribution is -2.36. The summed E-state index contributed by atoms with van der Waals surface area (Å²) in [5.74, 6) is 0.978. The first-order valence-electron chi connectivity index (χ1n) is 7.26. The summed E-state index contributed by atoms with van der Waals surface area (Å²) in [5, 5.41) is 3.57. The van der Waals surface area contributed by atoms with E-state index in [4.69, 9.17) is 10.5 Å². The van der Waals surface area contributed by atoms with Gasteiger partial charge in [-0.2, -0.15) is 0 Å². The molecular weight excluding hydrogens is 236 g/mol. The molecule has 1 saturated heterocycles. The summed E-state index contributed by atoms with van der Waals surface area (Å²) in [6, 6.07) is 5.02. The highest BCUT2D eigenvalue weighted by molar-refractivity contribution is 5.44. The Hall–Kier alpha value is -1.06. The molecule has 3 nitrogen and oxygen atoms in total. The summed E-state index contributed by atoms with van der Waals surface area (Å²) in [6.07, 6.45) is 4.89. The SMILES string of the molecule is COc1c(C)cc(C(N)CC2CCCCN2)cc1C. The van der Waals surface area contributed by atoms with Crippen molar-refractivity contribution in [2.75, 3.05) is 13.7 Å². The number of piperidine rings is 1. The molecular formula is C16H26N2O. The van der Waals surface area contributed by atoms with E-state index in [1.54, 1.807) is 7.11 Å². The van der Waals surface area contributed by atoms with Crippen LogP contribution in [0.3, 0.4) is 0 Å². The van der Waals surface area contributed by atoms with Crippen LogP contribution in [0.15, 0.2) is 12.1 Å². The van der Waals surface area contributed by atoms with Crippen LogP contribution in [0.2, 0.25) is 0 Å². The monoisotopic (exact) mass is 262 g/mol.